The number of nitrogens with one attached hydrogen (secondary N) is 1. The number of Topliss-reactive ketones (excluding diaryl/α,β-unsaturated/α-hetero) is 1. The molecule has 0 aliphatic rings. The number of hydrogen-bond donors (Lipinski definition) is 3. The van der Waals surface area contributed by atoms with Crippen molar-refractivity contribution in [3.8, 4) is 0 Å². The molecule has 0 fully saturated rings. The van der Waals surface area contributed by atoms with E-state index < -0.39 is 40.3 Å². The molecule has 2 atom stereocenters. The van der Waals surface area contributed by atoms with Crippen LogP contribution in [0, 0.1) is 0 Å². The van der Waals surface area contributed by atoms with Crippen LogP contribution < -0.4 is 4.72 Å². The summed E-state index contributed by atoms with van der Waals surface area (Å²) in [4.78, 5) is 11.8. The van der Waals surface area contributed by atoms with Crippen molar-refractivity contribution in [2.24, 2.45) is 0 Å². The van der Waals surface area contributed by atoms with Crippen LogP contribution in [0.3, 0.4) is 0 Å². The van der Waals surface area contributed by atoms with Gasteiger partial charge in [-0.05, 0) is 6.92 Å². The van der Waals surface area contributed by atoms with E-state index in [1.54, 1.807) is 18.2 Å². The SMILES string of the molecule is C[C@@H](O)[C@@H](CO)NS(=O)(=O)CC(=O)c1ccccc1. The largest absolute Gasteiger partial charge is 0.395 e. The van der Waals surface area contributed by atoms with Crippen molar-refractivity contribution in [2.75, 3.05) is 12.4 Å². The van der Waals surface area contributed by atoms with Gasteiger partial charge in [-0.3, -0.25) is 4.79 Å². The van der Waals surface area contributed by atoms with Crippen molar-refractivity contribution < 1.29 is 23.4 Å². The highest BCUT2D eigenvalue weighted by atomic mass is 32.2. The predicted octanol–water partition coefficient (Wildman–Crippen LogP) is -0.470. The molecule has 1 aromatic rings. The Bertz CT molecular complexity index is 512. The van der Waals surface area contributed by atoms with Crippen LogP contribution in [-0.2, 0) is 10.0 Å². The number of ketones is 1. The summed E-state index contributed by atoms with van der Waals surface area (Å²) in [6.07, 6.45) is -1.05. The highest BCUT2D eigenvalue weighted by Gasteiger charge is 2.24. The van der Waals surface area contributed by atoms with Gasteiger partial charge in [-0.2, -0.15) is 0 Å². The third kappa shape index (κ3) is 5.07. The minimum Gasteiger partial charge on any atom is -0.395 e. The topological polar surface area (TPSA) is 104 Å². The molecule has 0 amide bonds. The van der Waals surface area contributed by atoms with Gasteiger partial charge in [0.05, 0.1) is 18.8 Å². The van der Waals surface area contributed by atoms with Crippen LogP contribution in [0.4, 0.5) is 0 Å². The number of rotatable bonds is 7. The van der Waals surface area contributed by atoms with Crippen LogP contribution in [-0.4, -0.2) is 48.9 Å². The van der Waals surface area contributed by atoms with Gasteiger partial charge < -0.3 is 10.2 Å². The lowest BCUT2D eigenvalue weighted by molar-refractivity contribution is 0.101. The Morgan fingerprint density at radius 2 is 1.89 bits per heavy atom. The number of hydrogen-bond acceptors (Lipinski definition) is 5. The molecule has 3 N–H and O–H groups in total. The lowest BCUT2D eigenvalue weighted by atomic mass is 10.2. The van der Waals surface area contributed by atoms with Crippen LogP contribution in [0.1, 0.15) is 17.3 Å². The summed E-state index contributed by atoms with van der Waals surface area (Å²) in [7, 11) is -3.90. The van der Waals surface area contributed by atoms with E-state index >= 15 is 0 Å². The molecule has 0 saturated heterocycles. The second kappa shape index (κ2) is 6.76. The highest BCUT2D eigenvalue weighted by molar-refractivity contribution is 7.90. The summed E-state index contributed by atoms with van der Waals surface area (Å²) in [6.45, 7) is 0.804. The van der Waals surface area contributed by atoms with E-state index in [9.17, 15) is 18.3 Å². The fourth-order valence-electron chi connectivity index (χ4n) is 1.44. The quantitative estimate of drug-likeness (QED) is 0.588. The molecule has 6 nitrogen and oxygen atoms in total. The van der Waals surface area contributed by atoms with Crippen molar-refractivity contribution in [3.05, 3.63) is 35.9 Å². The standard InChI is InChI=1S/C12H17NO5S/c1-9(15)11(7-14)13-19(17,18)8-12(16)10-5-3-2-4-6-10/h2-6,9,11,13-15H,7-8H2,1H3/t9-,11-/m1/s1. The average Bonchev–Trinajstić information content (AvgIpc) is 2.36. The molecule has 0 radical (unpaired) electrons. The van der Waals surface area contributed by atoms with Gasteiger partial charge in [0, 0.05) is 5.56 Å². The lowest BCUT2D eigenvalue weighted by Gasteiger charge is -2.18. The fourth-order valence-corrected chi connectivity index (χ4v) is 2.77. The normalized spacial score (nSPS) is 14.9. The van der Waals surface area contributed by atoms with Gasteiger partial charge in [0.1, 0.15) is 5.75 Å². The first-order valence-electron chi connectivity index (χ1n) is 5.73. The molecule has 0 aromatic heterocycles. The second-order valence-electron chi connectivity index (χ2n) is 4.20. The molecule has 106 valence electrons. The van der Waals surface area contributed by atoms with Gasteiger partial charge in [-0.15, -0.1) is 0 Å². The number of carbonyl (C=O) groups is 1. The summed E-state index contributed by atoms with van der Waals surface area (Å²) in [5, 5.41) is 18.2. The Morgan fingerprint density at radius 3 is 2.37 bits per heavy atom. The predicted molar refractivity (Wildman–Crippen MR) is 70.2 cm³/mol. The zero-order chi connectivity index (χ0) is 14.5. The Kier molecular flexibility index (Phi) is 5.61. The highest BCUT2D eigenvalue weighted by Crippen LogP contribution is 2.03. The van der Waals surface area contributed by atoms with Gasteiger partial charge in [0.15, 0.2) is 5.78 Å². The molecule has 0 heterocycles. The molecule has 1 aromatic carbocycles. The van der Waals surface area contributed by atoms with Gasteiger partial charge in [0.2, 0.25) is 10.0 Å². The first-order valence-corrected chi connectivity index (χ1v) is 7.38. The molecular weight excluding hydrogens is 270 g/mol. The third-order valence-electron chi connectivity index (χ3n) is 2.53. The summed E-state index contributed by atoms with van der Waals surface area (Å²) in [6, 6.07) is 7.03. The summed E-state index contributed by atoms with van der Waals surface area (Å²) in [5.74, 6) is -1.27. The van der Waals surface area contributed by atoms with Gasteiger partial charge in [0.25, 0.3) is 0 Å². The van der Waals surface area contributed by atoms with E-state index in [0.29, 0.717) is 5.56 Å². The van der Waals surface area contributed by atoms with Crippen molar-refractivity contribution >= 4 is 15.8 Å². The Balaban J connectivity index is 2.72. The number of carbonyl (C=O) groups excluding carboxylic acids is 1. The maximum absolute atomic E-state index is 11.8. The smallest absolute Gasteiger partial charge is 0.219 e. The molecular formula is C12H17NO5S. The maximum atomic E-state index is 11.8. The Hall–Kier alpha value is -1.28. The van der Waals surface area contributed by atoms with E-state index in [0.717, 1.165) is 0 Å². The van der Waals surface area contributed by atoms with E-state index in [1.165, 1.54) is 19.1 Å². The monoisotopic (exact) mass is 287 g/mol. The molecule has 0 aliphatic carbocycles. The average molecular weight is 287 g/mol. The second-order valence-corrected chi connectivity index (χ2v) is 5.95. The molecule has 19 heavy (non-hydrogen) atoms. The summed E-state index contributed by atoms with van der Waals surface area (Å²) >= 11 is 0. The van der Waals surface area contributed by atoms with Crippen LogP contribution in [0.5, 0.6) is 0 Å². The Morgan fingerprint density at radius 1 is 1.32 bits per heavy atom. The zero-order valence-corrected chi connectivity index (χ0v) is 11.3. The summed E-state index contributed by atoms with van der Waals surface area (Å²) in [5.41, 5.74) is 0.297. The number of aliphatic hydroxyl groups is 2. The molecule has 0 unspecified atom stereocenters. The maximum Gasteiger partial charge on any atom is 0.219 e. The molecule has 0 spiro atoms. The number of benzene rings is 1. The first-order chi connectivity index (χ1) is 8.85. The van der Waals surface area contributed by atoms with E-state index in [-0.39, 0.29) is 0 Å². The third-order valence-corrected chi connectivity index (χ3v) is 3.83. The van der Waals surface area contributed by atoms with Crippen LogP contribution in [0.2, 0.25) is 0 Å². The number of aliphatic hydroxyl groups excluding tert-OH is 2. The molecule has 1 rings (SSSR count). The van der Waals surface area contributed by atoms with Gasteiger partial charge in [-0.1, -0.05) is 30.3 Å². The first kappa shape index (κ1) is 15.8. The molecule has 7 heteroatoms. The zero-order valence-electron chi connectivity index (χ0n) is 10.5. The van der Waals surface area contributed by atoms with E-state index in [1.807, 2.05) is 0 Å². The van der Waals surface area contributed by atoms with Crippen LogP contribution >= 0.6 is 0 Å². The van der Waals surface area contributed by atoms with E-state index in [2.05, 4.69) is 4.72 Å². The van der Waals surface area contributed by atoms with Gasteiger partial charge in [-0.25, -0.2) is 13.1 Å². The molecule has 0 bridgehead atoms. The van der Waals surface area contributed by atoms with Crippen molar-refractivity contribution in [1.82, 2.24) is 4.72 Å². The summed E-state index contributed by atoms with van der Waals surface area (Å²) < 4.78 is 25.6. The minimum absolute atomic E-state index is 0.297. The van der Waals surface area contributed by atoms with Crippen LogP contribution in [0.25, 0.3) is 0 Å². The number of sulfonamides is 1. The molecule has 0 aliphatic heterocycles. The van der Waals surface area contributed by atoms with Crippen LogP contribution in [0.15, 0.2) is 30.3 Å². The van der Waals surface area contributed by atoms with Crippen molar-refractivity contribution in [1.29, 1.82) is 0 Å². The van der Waals surface area contributed by atoms with E-state index in [4.69, 9.17) is 5.11 Å². The minimum atomic E-state index is -3.90. The van der Waals surface area contributed by atoms with Gasteiger partial charge >= 0.3 is 0 Å². The van der Waals surface area contributed by atoms with Crippen molar-refractivity contribution in [3.63, 3.8) is 0 Å². The molecule has 0 saturated carbocycles. The van der Waals surface area contributed by atoms with Crippen molar-refractivity contribution in [2.45, 2.75) is 19.1 Å². The lowest BCUT2D eigenvalue weighted by Crippen LogP contribution is -2.46. The Labute approximate surface area is 112 Å². The fraction of sp³-hybridized carbons (Fsp3) is 0.417.